The summed E-state index contributed by atoms with van der Waals surface area (Å²) in [6.45, 7) is 0.201. The van der Waals surface area contributed by atoms with Gasteiger partial charge in [-0.1, -0.05) is 120 Å². The van der Waals surface area contributed by atoms with Crippen LogP contribution in [-0.2, 0) is 27.4 Å². The van der Waals surface area contributed by atoms with Gasteiger partial charge < -0.3 is 24.6 Å². The van der Waals surface area contributed by atoms with Crippen molar-refractivity contribution in [3.63, 3.8) is 0 Å². The highest BCUT2D eigenvalue weighted by Crippen LogP contribution is 2.41. The summed E-state index contributed by atoms with van der Waals surface area (Å²) < 4.78 is 16.6. The van der Waals surface area contributed by atoms with Crippen LogP contribution in [0.15, 0.2) is 102 Å². The SMILES string of the molecule is COc1ccccc1SC[C@H]1C[C@@H](c2ccc(CO)cc2)O[C@@H](c2ccc(-c3ccccc3CNC(=O)C(Cl)(Cl)Cl)cc2)O1. The molecule has 6 nitrogen and oxygen atoms in total. The Morgan fingerprint density at radius 1 is 0.932 bits per heavy atom. The molecule has 1 heterocycles. The number of halogens is 3. The van der Waals surface area contributed by atoms with E-state index in [4.69, 9.17) is 49.0 Å². The predicted molar refractivity (Wildman–Crippen MR) is 176 cm³/mol. The summed E-state index contributed by atoms with van der Waals surface area (Å²) in [5, 5.41) is 12.2. The molecule has 5 rings (SSSR count). The highest BCUT2D eigenvalue weighted by atomic mass is 35.6. The number of ether oxygens (including phenoxy) is 3. The molecule has 0 aliphatic carbocycles. The topological polar surface area (TPSA) is 77.0 Å². The lowest BCUT2D eigenvalue weighted by Gasteiger charge is -2.36. The zero-order chi connectivity index (χ0) is 31.1. The fourth-order valence-electron chi connectivity index (χ4n) is 5.00. The molecule has 0 saturated carbocycles. The molecular weight excluding hydrogens is 641 g/mol. The Hall–Kier alpha value is -2.75. The van der Waals surface area contributed by atoms with Gasteiger partial charge in [-0.05, 0) is 39.9 Å². The number of para-hydroxylation sites is 1. The van der Waals surface area contributed by atoms with Gasteiger partial charge >= 0.3 is 0 Å². The van der Waals surface area contributed by atoms with Crippen molar-refractivity contribution in [2.75, 3.05) is 12.9 Å². The van der Waals surface area contributed by atoms with Gasteiger partial charge in [0.2, 0.25) is 0 Å². The van der Waals surface area contributed by atoms with E-state index < -0.39 is 16.0 Å². The van der Waals surface area contributed by atoms with Crippen LogP contribution in [0.3, 0.4) is 0 Å². The van der Waals surface area contributed by atoms with Crippen LogP contribution >= 0.6 is 46.6 Å². The first-order valence-corrected chi connectivity index (χ1v) is 16.2. The maximum absolute atomic E-state index is 12.1. The van der Waals surface area contributed by atoms with Crippen LogP contribution < -0.4 is 10.1 Å². The lowest BCUT2D eigenvalue weighted by atomic mass is 9.98. The number of aliphatic hydroxyl groups excluding tert-OH is 1. The van der Waals surface area contributed by atoms with Crippen LogP contribution in [0.5, 0.6) is 5.75 Å². The first-order chi connectivity index (χ1) is 21.2. The lowest BCUT2D eigenvalue weighted by Crippen LogP contribution is -2.34. The van der Waals surface area contributed by atoms with E-state index >= 15 is 0 Å². The van der Waals surface area contributed by atoms with Crippen molar-refractivity contribution in [2.24, 2.45) is 0 Å². The Kier molecular flexibility index (Phi) is 11.1. The van der Waals surface area contributed by atoms with Crippen molar-refractivity contribution in [2.45, 2.75) is 46.8 Å². The number of rotatable bonds is 10. The summed E-state index contributed by atoms with van der Waals surface area (Å²) in [6, 6.07) is 31.6. The molecule has 1 saturated heterocycles. The fraction of sp³-hybridized carbons (Fsp3) is 0.265. The molecule has 10 heteroatoms. The normalized spacial score (nSPS) is 18.5. The maximum Gasteiger partial charge on any atom is 0.272 e. The molecule has 1 amide bonds. The van der Waals surface area contributed by atoms with E-state index in [9.17, 15) is 9.90 Å². The van der Waals surface area contributed by atoms with Crippen molar-refractivity contribution in [3.8, 4) is 16.9 Å². The third-order valence-electron chi connectivity index (χ3n) is 7.32. The monoisotopic (exact) mass is 671 g/mol. The second-order valence-electron chi connectivity index (χ2n) is 10.3. The zero-order valence-electron chi connectivity index (χ0n) is 23.9. The largest absolute Gasteiger partial charge is 0.496 e. The second kappa shape index (κ2) is 15.0. The van der Waals surface area contributed by atoms with E-state index in [0.29, 0.717) is 6.42 Å². The third kappa shape index (κ3) is 8.29. The van der Waals surface area contributed by atoms with Crippen LogP contribution in [0.2, 0.25) is 0 Å². The van der Waals surface area contributed by atoms with Gasteiger partial charge in [-0.2, -0.15) is 0 Å². The number of alkyl halides is 3. The second-order valence-corrected chi connectivity index (χ2v) is 13.6. The van der Waals surface area contributed by atoms with Crippen LogP contribution in [0, 0.1) is 0 Å². The number of benzene rings is 4. The molecular formula is C34H32Cl3NO5S. The van der Waals surface area contributed by atoms with E-state index in [1.807, 2.05) is 97.1 Å². The van der Waals surface area contributed by atoms with Crippen LogP contribution in [0.4, 0.5) is 0 Å². The number of nitrogens with one attached hydrogen (secondary N) is 1. The number of carbonyl (C=O) groups is 1. The molecule has 2 N–H and O–H groups in total. The standard InChI is InChI=1S/C34H32Cl3NO5S/c1-41-29-8-4-5-9-31(29)44-21-27-18-30(24-12-10-22(20-39)11-13-24)43-32(42-27)25-16-14-23(15-17-25)28-7-3-2-6-26(28)19-38-33(40)34(35,36)37/h2-17,27,30,32,39H,18-21H2,1H3,(H,38,40)/t27-,30+,32+/m1/s1. The van der Waals surface area contributed by atoms with Crippen molar-refractivity contribution in [1.82, 2.24) is 5.32 Å². The van der Waals surface area contributed by atoms with Crippen molar-refractivity contribution in [1.29, 1.82) is 0 Å². The van der Waals surface area contributed by atoms with Crippen LogP contribution in [0.1, 0.15) is 41.1 Å². The molecule has 3 atom stereocenters. The summed E-state index contributed by atoms with van der Waals surface area (Å²) in [6.07, 6.45) is -0.176. The molecule has 0 aromatic heterocycles. The average molecular weight is 673 g/mol. The van der Waals surface area contributed by atoms with Gasteiger partial charge in [0.15, 0.2) is 6.29 Å². The maximum atomic E-state index is 12.1. The molecule has 1 aliphatic heterocycles. The number of hydrogen-bond donors (Lipinski definition) is 2. The summed E-state index contributed by atoms with van der Waals surface area (Å²) in [5.41, 5.74) is 5.56. The Balaban J connectivity index is 1.35. The van der Waals surface area contributed by atoms with Crippen molar-refractivity contribution < 1.29 is 24.1 Å². The fourth-order valence-corrected chi connectivity index (χ4v) is 6.24. The molecule has 230 valence electrons. The molecule has 4 aromatic carbocycles. The van der Waals surface area contributed by atoms with Crippen LogP contribution in [-0.4, -0.2) is 33.8 Å². The third-order valence-corrected chi connectivity index (χ3v) is 9.02. The summed E-state index contributed by atoms with van der Waals surface area (Å²) >= 11 is 18.8. The molecule has 0 bridgehead atoms. The number of thioether (sulfide) groups is 1. The molecule has 4 aromatic rings. The summed E-state index contributed by atoms with van der Waals surface area (Å²) in [7, 11) is 1.68. The average Bonchev–Trinajstić information content (AvgIpc) is 3.06. The quantitative estimate of drug-likeness (QED) is 0.131. The Morgan fingerprint density at radius 2 is 1.61 bits per heavy atom. The zero-order valence-corrected chi connectivity index (χ0v) is 27.0. The van der Waals surface area contributed by atoms with Crippen molar-refractivity contribution in [3.05, 3.63) is 119 Å². The van der Waals surface area contributed by atoms with E-state index in [1.165, 1.54) is 0 Å². The minimum atomic E-state index is -2.03. The predicted octanol–water partition coefficient (Wildman–Crippen LogP) is 8.18. The summed E-state index contributed by atoms with van der Waals surface area (Å²) in [4.78, 5) is 13.2. The van der Waals surface area contributed by atoms with Crippen molar-refractivity contribution >= 4 is 52.5 Å². The lowest BCUT2D eigenvalue weighted by molar-refractivity contribution is -0.245. The highest BCUT2D eigenvalue weighted by Gasteiger charge is 2.33. The first-order valence-electron chi connectivity index (χ1n) is 14.0. The number of methoxy groups -OCH3 is 1. The first kappa shape index (κ1) is 32.6. The van der Waals surface area contributed by atoms with E-state index in [2.05, 4.69) is 5.32 Å². The molecule has 44 heavy (non-hydrogen) atoms. The Labute approximate surface area is 276 Å². The van der Waals surface area contributed by atoms with Gasteiger partial charge in [0.1, 0.15) is 5.75 Å². The van der Waals surface area contributed by atoms with E-state index in [-0.39, 0.29) is 25.4 Å². The van der Waals surface area contributed by atoms with Gasteiger partial charge in [0.25, 0.3) is 9.70 Å². The summed E-state index contributed by atoms with van der Waals surface area (Å²) in [5.74, 6) is 0.870. The smallest absolute Gasteiger partial charge is 0.272 e. The molecule has 0 spiro atoms. The van der Waals surface area contributed by atoms with Gasteiger partial charge in [-0.15, -0.1) is 11.8 Å². The Morgan fingerprint density at radius 3 is 2.32 bits per heavy atom. The number of hydrogen-bond acceptors (Lipinski definition) is 6. The molecule has 0 radical (unpaired) electrons. The highest BCUT2D eigenvalue weighted by molar-refractivity contribution is 7.99. The number of aliphatic hydroxyl groups is 1. The van der Waals surface area contributed by atoms with Gasteiger partial charge in [0.05, 0.1) is 25.9 Å². The molecule has 1 aliphatic rings. The number of amides is 1. The Bertz CT molecular complexity index is 1550. The molecule has 0 unspecified atom stereocenters. The van der Waals surface area contributed by atoms with Gasteiger partial charge in [-0.3, -0.25) is 4.79 Å². The van der Waals surface area contributed by atoms with Crippen LogP contribution in [0.25, 0.3) is 11.1 Å². The minimum absolute atomic E-state index is 0.00946. The molecule has 1 fully saturated rings. The van der Waals surface area contributed by atoms with E-state index in [1.54, 1.807) is 18.9 Å². The number of carbonyl (C=O) groups excluding carboxylic acids is 1. The minimum Gasteiger partial charge on any atom is -0.496 e. The van der Waals surface area contributed by atoms with E-state index in [0.717, 1.165) is 49.8 Å². The van der Waals surface area contributed by atoms with Gasteiger partial charge in [-0.25, -0.2) is 0 Å². The van der Waals surface area contributed by atoms with Gasteiger partial charge in [0, 0.05) is 29.2 Å².